The van der Waals surface area contributed by atoms with Gasteiger partial charge in [-0.15, -0.1) is 0 Å². The van der Waals surface area contributed by atoms with Crippen LogP contribution in [0.2, 0.25) is 0 Å². The number of hydrogen-bond donors (Lipinski definition) is 0. The lowest BCUT2D eigenvalue weighted by atomic mass is 9.78. The number of carbonyl (C=O) groups is 2. The normalized spacial score (nSPS) is 16.3. The molecule has 1 aliphatic rings. The lowest BCUT2D eigenvalue weighted by Gasteiger charge is -2.39. The summed E-state index contributed by atoms with van der Waals surface area (Å²) in [5, 5.41) is 0. The monoisotopic (exact) mass is 443 g/mol. The van der Waals surface area contributed by atoms with Gasteiger partial charge in [0.05, 0.1) is 20.3 Å². The van der Waals surface area contributed by atoms with E-state index in [2.05, 4.69) is 29.2 Å². The average molecular weight is 444 g/mol. The van der Waals surface area contributed by atoms with Crippen molar-refractivity contribution in [3.63, 3.8) is 0 Å². The van der Waals surface area contributed by atoms with Crippen molar-refractivity contribution in [1.29, 1.82) is 0 Å². The third-order valence-corrected chi connectivity index (χ3v) is 6.55. The van der Waals surface area contributed by atoms with Crippen LogP contribution in [0.4, 0.5) is 0 Å². The van der Waals surface area contributed by atoms with Crippen molar-refractivity contribution in [3.8, 4) is 0 Å². The van der Waals surface area contributed by atoms with Gasteiger partial charge in [0.2, 0.25) is 0 Å². The van der Waals surface area contributed by atoms with Gasteiger partial charge in [0.1, 0.15) is 0 Å². The highest BCUT2D eigenvalue weighted by Gasteiger charge is 2.61. The minimum atomic E-state index is -1.48. The highest BCUT2D eigenvalue weighted by molar-refractivity contribution is 6.02. The zero-order valence-corrected chi connectivity index (χ0v) is 19.3. The summed E-state index contributed by atoms with van der Waals surface area (Å²) in [6, 6.07) is 25.6. The van der Waals surface area contributed by atoms with Crippen molar-refractivity contribution in [2.75, 3.05) is 14.2 Å². The molecule has 33 heavy (non-hydrogen) atoms. The highest BCUT2D eigenvalue weighted by atomic mass is 16.5. The van der Waals surface area contributed by atoms with Crippen LogP contribution in [-0.2, 0) is 38.6 Å². The molecule has 0 spiro atoms. The average Bonchev–Trinajstić information content (AvgIpc) is 3.21. The van der Waals surface area contributed by atoms with Crippen molar-refractivity contribution in [2.45, 2.75) is 32.5 Å². The number of fused-ring (bicyclic) bond motifs is 1. The van der Waals surface area contributed by atoms with Crippen LogP contribution in [0.25, 0.3) is 0 Å². The predicted octanol–water partition coefficient (Wildman–Crippen LogP) is 4.63. The first-order chi connectivity index (χ1) is 16.0. The number of benzene rings is 3. The number of nitrogens with zero attached hydrogens (tertiary/aromatic N) is 1. The number of carbonyl (C=O) groups excluding carboxylic acids is 2. The van der Waals surface area contributed by atoms with E-state index in [4.69, 9.17) is 9.47 Å². The van der Waals surface area contributed by atoms with Gasteiger partial charge in [-0.05, 0) is 34.7 Å². The van der Waals surface area contributed by atoms with Gasteiger partial charge in [-0.2, -0.15) is 0 Å². The number of ether oxygens (including phenoxy) is 2. The van der Waals surface area contributed by atoms with E-state index < -0.39 is 23.4 Å². The highest BCUT2D eigenvalue weighted by Crippen LogP contribution is 2.52. The second kappa shape index (κ2) is 9.59. The molecule has 0 bridgehead atoms. The van der Waals surface area contributed by atoms with Gasteiger partial charge in [-0.1, -0.05) is 78.9 Å². The Hall–Kier alpha value is -3.44. The van der Waals surface area contributed by atoms with Crippen LogP contribution < -0.4 is 0 Å². The van der Waals surface area contributed by atoms with Gasteiger partial charge in [0.25, 0.3) is 0 Å². The molecule has 5 heteroatoms. The smallest absolute Gasteiger partial charge is 0.325 e. The molecule has 1 aliphatic carbocycles. The number of esters is 2. The summed E-state index contributed by atoms with van der Waals surface area (Å²) in [5.74, 6) is -1.14. The molecule has 0 amide bonds. The van der Waals surface area contributed by atoms with Crippen molar-refractivity contribution in [3.05, 3.63) is 107 Å². The predicted molar refractivity (Wildman–Crippen MR) is 126 cm³/mol. The molecule has 1 unspecified atom stereocenters. The number of aryl methyl sites for hydroxylation is 1. The number of hydrogen-bond acceptors (Lipinski definition) is 5. The lowest BCUT2D eigenvalue weighted by molar-refractivity contribution is -0.175. The molecule has 0 N–H and O–H groups in total. The summed E-state index contributed by atoms with van der Waals surface area (Å²) in [5.41, 5.74) is 3.72. The molecule has 0 fully saturated rings. The third kappa shape index (κ3) is 4.16. The Morgan fingerprint density at radius 2 is 1.33 bits per heavy atom. The van der Waals surface area contributed by atoms with Crippen LogP contribution in [0.15, 0.2) is 78.9 Å². The van der Waals surface area contributed by atoms with Crippen LogP contribution in [0.3, 0.4) is 0 Å². The Labute approximate surface area is 194 Å². The zero-order valence-electron chi connectivity index (χ0n) is 19.3. The van der Waals surface area contributed by atoms with Crippen molar-refractivity contribution >= 4 is 11.9 Å². The Morgan fingerprint density at radius 3 is 1.82 bits per heavy atom. The van der Waals surface area contributed by atoms with Crippen molar-refractivity contribution in [2.24, 2.45) is 5.41 Å². The van der Waals surface area contributed by atoms with E-state index >= 15 is 0 Å². The maximum atomic E-state index is 13.4. The molecule has 170 valence electrons. The first-order valence-corrected chi connectivity index (χ1v) is 11.1. The van der Waals surface area contributed by atoms with Crippen LogP contribution in [0.5, 0.6) is 0 Å². The van der Waals surface area contributed by atoms with Crippen LogP contribution >= 0.6 is 0 Å². The third-order valence-electron chi connectivity index (χ3n) is 6.55. The van der Waals surface area contributed by atoms with E-state index in [1.54, 1.807) is 0 Å². The van der Waals surface area contributed by atoms with Crippen molar-refractivity contribution in [1.82, 2.24) is 4.90 Å². The minimum absolute atomic E-state index is 0.244. The first-order valence-electron chi connectivity index (χ1n) is 11.1. The maximum Gasteiger partial charge on any atom is 0.325 e. The van der Waals surface area contributed by atoms with Crippen LogP contribution in [-0.4, -0.2) is 31.1 Å². The summed E-state index contributed by atoms with van der Waals surface area (Å²) in [7, 11) is 2.66. The largest absolute Gasteiger partial charge is 0.468 e. The number of rotatable bonds is 7. The van der Waals surface area contributed by atoms with E-state index in [-0.39, 0.29) is 6.42 Å². The van der Waals surface area contributed by atoms with E-state index in [1.165, 1.54) is 14.2 Å². The Kier molecular flexibility index (Phi) is 6.61. The minimum Gasteiger partial charge on any atom is -0.468 e. The molecular formula is C28H29NO4. The van der Waals surface area contributed by atoms with Gasteiger partial charge in [0, 0.05) is 19.5 Å². The van der Waals surface area contributed by atoms with Gasteiger partial charge in [-0.3, -0.25) is 14.5 Å². The summed E-state index contributed by atoms with van der Waals surface area (Å²) in [4.78, 5) is 29.0. The number of methoxy groups -OCH3 is 2. The molecule has 4 rings (SSSR count). The molecular weight excluding hydrogens is 414 g/mol. The second-order valence-corrected chi connectivity index (χ2v) is 8.56. The summed E-state index contributed by atoms with van der Waals surface area (Å²) in [6.07, 6.45) is 0.244. The summed E-state index contributed by atoms with van der Waals surface area (Å²) >= 11 is 0. The molecule has 0 heterocycles. The Balaban J connectivity index is 1.91. The molecule has 3 aromatic carbocycles. The molecule has 0 radical (unpaired) electrons. The fourth-order valence-corrected chi connectivity index (χ4v) is 5.11. The molecule has 0 aliphatic heterocycles. The fourth-order valence-electron chi connectivity index (χ4n) is 5.11. The van der Waals surface area contributed by atoms with Gasteiger partial charge in [-0.25, -0.2) is 0 Å². The zero-order chi connectivity index (χ0) is 23.4. The summed E-state index contributed by atoms with van der Waals surface area (Å²) < 4.78 is 10.5. The van der Waals surface area contributed by atoms with Crippen LogP contribution in [0.1, 0.15) is 33.9 Å². The quantitative estimate of drug-likeness (QED) is 0.394. The molecule has 0 saturated heterocycles. The molecule has 5 nitrogen and oxygen atoms in total. The Bertz CT molecular complexity index is 1070. The van der Waals surface area contributed by atoms with Gasteiger partial charge < -0.3 is 9.47 Å². The van der Waals surface area contributed by atoms with E-state index in [9.17, 15) is 9.59 Å². The lowest BCUT2D eigenvalue weighted by Crippen LogP contribution is -2.50. The van der Waals surface area contributed by atoms with E-state index in [0.717, 1.165) is 27.8 Å². The van der Waals surface area contributed by atoms with Crippen molar-refractivity contribution < 1.29 is 19.1 Å². The molecule has 3 aromatic rings. The standard InChI is InChI=1S/C28H29NO4/c1-20-11-10-16-23-17-28(26(30)32-2,27(31)33-3)25(24(20)23)29(18-21-12-6-4-7-13-21)19-22-14-8-5-9-15-22/h4-16,25H,17-19H2,1-3H3. The molecule has 0 saturated carbocycles. The fraction of sp³-hybridized carbons (Fsp3) is 0.286. The molecule has 0 aromatic heterocycles. The van der Waals surface area contributed by atoms with E-state index in [0.29, 0.717) is 13.1 Å². The second-order valence-electron chi connectivity index (χ2n) is 8.56. The maximum absolute atomic E-state index is 13.4. The molecule has 1 atom stereocenters. The van der Waals surface area contributed by atoms with Crippen LogP contribution in [0, 0.1) is 12.3 Å². The Morgan fingerprint density at radius 1 is 0.818 bits per heavy atom. The van der Waals surface area contributed by atoms with Gasteiger partial charge >= 0.3 is 11.9 Å². The van der Waals surface area contributed by atoms with Gasteiger partial charge in [0.15, 0.2) is 5.41 Å². The van der Waals surface area contributed by atoms with E-state index in [1.807, 2.05) is 61.5 Å². The first kappa shape index (κ1) is 22.7. The topological polar surface area (TPSA) is 55.8 Å². The summed E-state index contributed by atoms with van der Waals surface area (Å²) in [6.45, 7) is 3.15. The SMILES string of the molecule is COC(=O)C1(C(=O)OC)Cc2cccc(C)c2C1N(Cc1ccccc1)Cc1ccccc1.